The number of rotatable bonds is 3. The van der Waals surface area contributed by atoms with Gasteiger partial charge in [-0.3, -0.25) is 0 Å². The topological polar surface area (TPSA) is 74.9 Å². The molecule has 15 heavy (non-hydrogen) atoms. The number of aryl methyl sites for hydroxylation is 1. The lowest BCUT2D eigenvalue weighted by Gasteiger charge is -2.06. The van der Waals surface area contributed by atoms with E-state index in [0.717, 1.165) is 22.4 Å². The van der Waals surface area contributed by atoms with Gasteiger partial charge in [-0.25, -0.2) is 4.98 Å². The summed E-state index contributed by atoms with van der Waals surface area (Å²) >= 11 is 0. The number of aliphatic hydroxyl groups excluding tert-OH is 1. The van der Waals surface area contributed by atoms with Gasteiger partial charge in [0.2, 0.25) is 0 Å². The normalized spacial score (nSPS) is 13.3. The first-order valence-electron chi connectivity index (χ1n) is 5.02. The summed E-state index contributed by atoms with van der Waals surface area (Å²) in [6.45, 7) is 2.22. The van der Waals surface area contributed by atoms with Crippen molar-refractivity contribution in [2.24, 2.45) is 5.73 Å². The van der Waals surface area contributed by atoms with E-state index in [2.05, 4.69) is 9.97 Å². The standard InChI is InChI=1S/C11H15N3O/c1-7-13-10-3-2-8(4-9(15)6-12)5-11(10)14-7/h2-3,5,9,15H,4,6,12H2,1H3,(H,13,14). The summed E-state index contributed by atoms with van der Waals surface area (Å²) in [4.78, 5) is 7.48. The van der Waals surface area contributed by atoms with E-state index in [1.54, 1.807) is 0 Å². The molecule has 0 radical (unpaired) electrons. The molecule has 0 aliphatic rings. The van der Waals surface area contributed by atoms with Gasteiger partial charge in [0.05, 0.1) is 17.1 Å². The monoisotopic (exact) mass is 205 g/mol. The van der Waals surface area contributed by atoms with Crippen LogP contribution in [0.4, 0.5) is 0 Å². The van der Waals surface area contributed by atoms with E-state index in [4.69, 9.17) is 5.73 Å². The average molecular weight is 205 g/mol. The van der Waals surface area contributed by atoms with E-state index in [1.165, 1.54) is 0 Å². The molecule has 0 fully saturated rings. The quantitative estimate of drug-likeness (QED) is 0.691. The molecule has 0 saturated heterocycles. The van der Waals surface area contributed by atoms with Gasteiger partial charge < -0.3 is 15.8 Å². The van der Waals surface area contributed by atoms with Gasteiger partial charge in [0.15, 0.2) is 0 Å². The molecule has 1 unspecified atom stereocenters. The summed E-state index contributed by atoms with van der Waals surface area (Å²) in [6.07, 6.45) is 0.122. The zero-order chi connectivity index (χ0) is 10.8. The first kappa shape index (κ1) is 10.1. The van der Waals surface area contributed by atoms with E-state index in [-0.39, 0.29) is 0 Å². The molecular formula is C11H15N3O. The number of nitrogens with zero attached hydrogens (tertiary/aromatic N) is 1. The SMILES string of the molecule is Cc1nc2ccc(CC(O)CN)cc2[nH]1. The molecule has 0 aliphatic heterocycles. The number of aromatic amines is 1. The highest BCUT2D eigenvalue weighted by molar-refractivity contribution is 5.75. The summed E-state index contributed by atoms with van der Waals surface area (Å²) in [7, 11) is 0. The molecule has 1 atom stereocenters. The smallest absolute Gasteiger partial charge is 0.104 e. The second-order valence-electron chi connectivity index (χ2n) is 3.77. The van der Waals surface area contributed by atoms with Crippen LogP contribution in [0, 0.1) is 6.92 Å². The first-order valence-corrected chi connectivity index (χ1v) is 5.02. The van der Waals surface area contributed by atoms with Crippen LogP contribution in [0.15, 0.2) is 18.2 Å². The van der Waals surface area contributed by atoms with Crippen LogP contribution in [-0.4, -0.2) is 27.7 Å². The molecule has 0 saturated carbocycles. The van der Waals surface area contributed by atoms with Gasteiger partial charge in [-0.1, -0.05) is 6.07 Å². The second kappa shape index (κ2) is 4.00. The third kappa shape index (κ3) is 2.16. The third-order valence-electron chi connectivity index (χ3n) is 2.41. The van der Waals surface area contributed by atoms with Crippen LogP contribution in [-0.2, 0) is 6.42 Å². The molecule has 0 spiro atoms. The lowest BCUT2D eigenvalue weighted by atomic mass is 10.1. The van der Waals surface area contributed by atoms with Gasteiger partial charge in [0.25, 0.3) is 0 Å². The van der Waals surface area contributed by atoms with Crippen LogP contribution < -0.4 is 5.73 Å². The molecule has 4 N–H and O–H groups in total. The number of fused-ring (bicyclic) bond motifs is 1. The van der Waals surface area contributed by atoms with E-state index >= 15 is 0 Å². The van der Waals surface area contributed by atoms with Crippen molar-refractivity contribution in [2.75, 3.05) is 6.54 Å². The zero-order valence-electron chi connectivity index (χ0n) is 8.70. The Morgan fingerprint density at radius 1 is 1.53 bits per heavy atom. The predicted octanol–water partition coefficient (Wildman–Crippen LogP) is 0.733. The molecule has 0 aliphatic carbocycles. The Kier molecular flexibility index (Phi) is 2.70. The van der Waals surface area contributed by atoms with Gasteiger partial charge in [0, 0.05) is 6.54 Å². The van der Waals surface area contributed by atoms with Crippen molar-refractivity contribution in [3.8, 4) is 0 Å². The molecule has 4 nitrogen and oxygen atoms in total. The number of nitrogens with two attached hydrogens (primary N) is 1. The maximum atomic E-state index is 9.44. The highest BCUT2D eigenvalue weighted by Crippen LogP contribution is 2.14. The first-order chi connectivity index (χ1) is 7.19. The number of aromatic nitrogens is 2. The minimum Gasteiger partial charge on any atom is -0.391 e. The van der Waals surface area contributed by atoms with Crippen LogP contribution >= 0.6 is 0 Å². The molecular weight excluding hydrogens is 190 g/mol. The Hall–Kier alpha value is -1.39. The van der Waals surface area contributed by atoms with Gasteiger partial charge in [-0.2, -0.15) is 0 Å². The summed E-state index contributed by atoms with van der Waals surface area (Å²) in [5.74, 6) is 0.904. The minimum atomic E-state index is -0.466. The van der Waals surface area contributed by atoms with Crippen LogP contribution in [0.3, 0.4) is 0 Å². The van der Waals surface area contributed by atoms with Gasteiger partial charge >= 0.3 is 0 Å². The molecule has 4 heteroatoms. The van der Waals surface area contributed by atoms with Crippen molar-refractivity contribution in [1.82, 2.24) is 9.97 Å². The zero-order valence-corrected chi connectivity index (χ0v) is 8.70. The number of nitrogens with one attached hydrogen (secondary N) is 1. The average Bonchev–Trinajstić information content (AvgIpc) is 2.57. The van der Waals surface area contributed by atoms with E-state index in [9.17, 15) is 5.11 Å². The Morgan fingerprint density at radius 3 is 3.07 bits per heavy atom. The van der Waals surface area contributed by atoms with Crippen molar-refractivity contribution in [1.29, 1.82) is 0 Å². The van der Waals surface area contributed by atoms with Gasteiger partial charge in [-0.15, -0.1) is 0 Å². The molecule has 1 aromatic heterocycles. The molecule has 1 aromatic carbocycles. The van der Waals surface area contributed by atoms with Gasteiger partial charge in [-0.05, 0) is 31.0 Å². The number of aliphatic hydroxyl groups is 1. The number of imidazole rings is 1. The Morgan fingerprint density at radius 2 is 2.33 bits per heavy atom. The Labute approximate surface area is 88.1 Å². The number of hydrogen-bond acceptors (Lipinski definition) is 3. The maximum absolute atomic E-state index is 9.44. The van der Waals surface area contributed by atoms with E-state index in [0.29, 0.717) is 13.0 Å². The molecule has 2 aromatic rings. The van der Waals surface area contributed by atoms with Crippen molar-refractivity contribution in [3.05, 3.63) is 29.6 Å². The Bertz CT molecular complexity index is 464. The van der Waals surface area contributed by atoms with Crippen molar-refractivity contribution in [3.63, 3.8) is 0 Å². The van der Waals surface area contributed by atoms with Crippen LogP contribution in [0.1, 0.15) is 11.4 Å². The Balaban J connectivity index is 2.30. The lowest BCUT2D eigenvalue weighted by molar-refractivity contribution is 0.183. The molecule has 0 bridgehead atoms. The van der Waals surface area contributed by atoms with Gasteiger partial charge in [0.1, 0.15) is 5.82 Å². The van der Waals surface area contributed by atoms with E-state index in [1.807, 2.05) is 25.1 Å². The van der Waals surface area contributed by atoms with Crippen molar-refractivity contribution in [2.45, 2.75) is 19.4 Å². The fourth-order valence-electron chi connectivity index (χ4n) is 1.67. The molecule has 0 amide bonds. The third-order valence-corrected chi connectivity index (χ3v) is 2.41. The highest BCUT2D eigenvalue weighted by atomic mass is 16.3. The summed E-state index contributed by atoms with van der Waals surface area (Å²) in [5, 5.41) is 9.44. The largest absolute Gasteiger partial charge is 0.391 e. The minimum absolute atomic E-state index is 0.292. The summed E-state index contributed by atoms with van der Waals surface area (Å²) in [6, 6.07) is 5.94. The van der Waals surface area contributed by atoms with Crippen LogP contribution in [0.5, 0.6) is 0 Å². The fraction of sp³-hybridized carbons (Fsp3) is 0.364. The summed E-state index contributed by atoms with van der Waals surface area (Å²) < 4.78 is 0. The highest BCUT2D eigenvalue weighted by Gasteiger charge is 2.05. The van der Waals surface area contributed by atoms with Crippen LogP contribution in [0.25, 0.3) is 11.0 Å². The second-order valence-corrected chi connectivity index (χ2v) is 3.77. The predicted molar refractivity (Wildman–Crippen MR) is 59.6 cm³/mol. The molecule has 80 valence electrons. The maximum Gasteiger partial charge on any atom is 0.104 e. The van der Waals surface area contributed by atoms with E-state index < -0.39 is 6.10 Å². The van der Waals surface area contributed by atoms with Crippen molar-refractivity contribution >= 4 is 11.0 Å². The number of hydrogen-bond donors (Lipinski definition) is 3. The molecule has 2 rings (SSSR count). The fourth-order valence-corrected chi connectivity index (χ4v) is 1.67. The van der Waals surface area contributed by atoms with Crippen LogP contribution in [0.2, 0.25) is 0 Å². The number of H-pyrrole nitrogens is 1. The molecule has 1 heterocycles. The number of benzene rings is 1. The summed E-state index contributed by atoms with van der Waals surface area (Å²) in [5.41, 5.74) is 8.41. The lowest BCUT2D eigenvalue weighted by Crippen LogP contribution is -2.21. The van der Waals surface area contributed by atoms with Crippen molar-refractivity contribution < 1.29 is 5.11 Å².